The van der Waals surface area contributed by atoms with Crippen molar-refractivity contribution in [1.82, 2.24) is 10.2 Å². The SMILES string of the molecule is CC(CN1CCCC1)NCc1cc(F)cc(C#N)c1. The molecule has 3 nitrogen and oxygen atoms in total. The van der Waals surface area contributed by atoms with E-state index >= 15 is 0 Å². The Labute approximate surface area is 114 Å². The number of hydrogen-bond acceptors (Lipinski definition) is 3. The molecule has 1 N–H and O–H groups in total. The van der Waals surface area contributed by atoms with Crippen LogP contribution in [0.15, 0.2) is 18.2 Å². The summed E-state index contributed by atoms with van der Waals surface area (Å²) in [6, 6.07) is 6.82. The lowest BCUT2D eigenvalue weighted by Crippen LogP contribution is -2.37. The van der Waals surface area contributed by atoms with Crippen LogP contribution in [0.3, 0.4) is 0 Å². The highest BCUT2D eigenvalue weighted by Crippen LogP contribution is 2.10. The number of nitrogens with zero attached hydrogens (tertiary/aromatic N) is 2. The van der Waals surface area contributed by atoms with E-state index in [1.54, 1.807) is 6.07 Å². The predicted octanol–water partition coefficient (Wildman–Crippen LogP) is 2.27. The molecule has 1 atom stereocenters. The number of nitrogens with one attached hydrogen (secondary N) is 1. The first kappa shape index (κ1) is 14.0. The smallest absolute Gasteiger partial charge is 0.124 e. The predicted molar refractivity (Wildman–Crippen MR) is 73.1 cm³/mol. The molecule has 0 amide bonds. The Morgan fingerprint density at radius 3 is 2.79 bits per heavy atom. The highest BCUT2D eigenvalue weighted by molar-refractivity contribution is 5.33. The van der Waals surface area contributed by atoms with Gasteiger partial charge in [-0.3, -0.25) is 0 Å². The average molecular weight is 261 g/mol. The number of halogens is 1. The van der Waals surface area contributed by atoms with E-state index in [1.807, 2.05) is 6.07 Å². The molecule has 1 aliphatic rings. The van der Waals surface area contributed by atoms with Crippen LogP contribution in [0.4, 0.5) is 4.39 Å². The van der Waals surface area contributed by atoms with Crippen LogP contribution in [-0.4, -0.2) is 30.6 Å². The van der Waals surface area contributed by atoms with Crippen molar-refractivity contribution in [1.29, 1.82) is 5.26 Å². The standard InChI is InChI=1S/C15H20FN3/c1-12(11-19-4-2-3-5-19)18-10-14-6-13(9-17)7-15(16)8-14/h6-8,12,18H,2-5,10-11H2,1H3. The highest BCUT2D eigenvalue weighted by atomic mass is 19.1. The molecule has 2 rings (SSSR count). The van der Waals surface area contributed by atoms with E-state index in [-0.39, 0.29) is 5.82 Å². The summed E-state index contributed by atoms with van der Waals surface area (Å²) in [5, 5.41) is 12.2. The van der Waals surface area contributed by atoms with Crippen LogP contribution in [0.5, 0.6) is 0 Å². The normalized spacial score (nSPS) is 17.3. The fourth-order valence-corrected chi connectivity index (χ4v) is 2.53. The van der Waals surface area contributed by atoms with E-state index in [9.17, 15) is 4.39 Å². The van der Waals surface area contributed by atoms with E-state index in [4.69, 9.17) is 5.26 Å². The fourth-order valence-electron chi connectivity index (χ4n) is 2.53. The summed E-state index contributed by atoms with van der Waals surface area (Å²) in [7, 11) is 0. The second kappa shape index (κ2) is 6.65. The van der Waals surface area contributed by atoms with Gasteiger partial charge in [-0.25, -0.2) is 4.39 Å². The molecule has 1 aromatic carbocycles. The molecule has 0 spiro atoms. The van der Waals surface area contributed by atoms with Crippen molar-refractivity contribution in [3.05, 3.63) is 35.1 Å². The molecule has 4 heteroatoms. The van der Waals surface area contributed by atoms with Crippen LogP contribution >= 0.6 is 0 Å². The van der Waals surface area contributed by atoms with E-state index in [0.717, 1.165) is 12.1 Å². The summed E-state index contributed by atoms with van der Waals surface area (Å²) < 4.78 is 13.3. The van der Waals surface area contributed by atoms with Crippen LogP contribution in [0.2, 0.25) is 0 Å². The Morgan fingerprint density at radius 2 is 2.11 bits per heavy atom. The number of hydrogen-bond donors (Lipinski definition) is 1. The van der Waals surface area contributed by atoms with Crippen molar-refractivity contribution < 1.29 is 4.39 Å². The van der Waals surface area contributed by atoms with Gasteiger partial charge >= 0.3 is 0 Å². The summed E-state index contributed by atoms with van der Waals surface area (Å²) in [5.74, 6) is -0.344. The van der Waals surface area contributed by atoms with Crippen LogP contribution < -0.4 is 5.32 Å². The van der Waals surface area contributed by atoms with Gasteiger partial charge in [0.1, 0.15) is 5.82 Å². The molecule has 1 aliphatic heterocycles. The van der Waals surface area contributed by atoms with Crippen LogP contribution in [0.1, 0.15) is 30.9 Å². The molecule has 0 radical (unpaired) electrons. The van der Waals surface area contributed by atoms with Crippen molar-refractivity contribution in [2.24, 2.45) is 0 Å². The Bertz CT molecular complexity index is 461. The Morgan fingerprint density at radius 1 is 1.37 bits per heavy atom. The van der Waals surface area contributed by atoms with Crippen molar-refractivity contribution in [3.63, 3.8) is 0 Å². The minimum atomic E-state index is -0.344. The van der Waals surface area contributed by atoms with E-state index in [0.29, 0.717) is 18.2 Å². The molecular weight excluding hydrogens is 241 g/mol. The monoisotopic (exact) mass is 261 g/mol. The van der Waals surface area contributed by atoms with Gasteiger partial charge in [0, 0.05) is 19.1 Å². The van der Waals surface area contributed by atoms with Gasteiger partial charge in [0.2, 0.25) is 0 Å². The Balaban J connectivity index is 1.84. The second-order valence-electron chi connectivity index (χ2n) is 5.25. The molecule has 0 aromatic heterocycles. The number of likely N-dealkylation sites (tertiary alicyclic amines) is 1. The first-order valence-corrected chi connectivity index (χ1v) is 6.82. The molecule has 0 saturated carbocycles. The first-order chi connectivity index (χ1) is 9.17. The fraction of sp³-hybridized carbons (Fsp3) is 0.533. The van der Waals surface area contributed by atoms with Crippen molar-refractivity contribution >= 4 is 0 Å². The summed E-state index contributed by atoms with van der Waals surface area (Å²) in [4.78, 5) is 2.45. The van der Waals surface area contributed by atoms with Gasteiger partial charge in [-0.15, -0.1) is 0 Å². The van der Waals surface area contributed by atoms with Crippen molar-refractivity contribution in [2.75, 3.05) is 19.6 Å². The molecule has 102 valence electrons. The van der Waals surface area contributed by atoms with Gasteiger partial charge in [-0.2, -0.15) is 5.26 Å². The maximum Gasteiger partial charge on any atom is 0.124 e. The van der Waals surface area contributed by atoms with Gasteiger partial charge in [0.05, 0.1) is 11.6 Å². The second-order valence-corrected chi connectivity index (χ2v) is 5.25. The molecule has 1 unspecified atom stereocenters. The summed E-state index contributed by atoms with van der Waals surface area (Å²) in [6.07, 6.45) is 2.59. The van der Waals surface area contributed by atoms with E-state index in [1.165, 1.54) is 38.1 Å². The zero-order valence-electron chi connectivity index (χ0n) is 11.3. The minimum Gasteiger partial charge on any atom is -0.309 e. The Kier molecular flexibility index (Phi) is 4.89. The largest absolute Gasteiger partial charge is 0.309 e. The molecule has 1 fully saturated rings. The third-order valence-electron chi connectivity index (χ3n) is 3.47. The lowest BCUT2D eigenvalue weighted by Gasteiger charge is -2.21. The van der Waals surface area contributed by atoms with Gasteiger partial charge < -0.3 is 10.2 Å². The molecule has 0 aliphatic carbocycles. The number of nitriles is 1. The van der Waals surface area contributed by atoms with Crippen LogP contribution in [0, 0.1) is 17.1 Å². The molecular formula is C15H20FN3. The van der Waals surface area contributed by atoms with Gasteiger partial charge in [0.15, 0.2) is 0 Å². The molecule has 19 heavy (non-hydrogen) atoms. The van der Waals surface area contributed by atoms with Gasteiger partial charge in [0.25, 0.3) is 0 Å². The number of benzene rings is 1. The zero-order valence-corrected chi connectivity index (χ0v) is 11.3. The molecule has 1 aromatic rings. The first-order valence-electron chi connectivity index (χ1n) is 6.82. The molecule has 1 saturated heterocycles. The van der Waals surface area contributed by atoms with Crippen molar-refractivity contribution in [3.8, 4) is 6.07 Å². The van der Waals surface area contributed by atoms with Crippen LogP contribution in [-0.2, 0) is 6.54 Å². The maximum atomic E-state index is 13.3. The van der Waals surface area contributed by atoms with Crippen molar-refractivity contribution in [2.45, 2.75) is 32.4 Å². The van der Waals surface area contributed by atoms with E-state index in [2.05, 4.69) is 17.1 Å². The minimum absolute atomic E-state index is 0.344. The third kappa shape index (κ3) is 4.30. The average Bonchev–Trinajstić information content (AvgIpc) is 2.88. The van der Waals surface area contributed by atoms with Crippen LogP contribution in [0.25, 0.3) is 0 Å². The lowest BCUT2D eigenvalue weighted by atomic mass is 10.1. The molecule has 0 bridgehead atoms. The lowest BCUT2D eigenvalue weighted by molar-refractivity contribution is 0.298. The quantitative estimate of drug-likeness (QED) is 0.883. The van der Waals surface area contributed by atoms with Gasteiger partial charge in [-0.05, 0) is 56.6 Å². The maximum absolute atomic E-state index is 13.3. The highest BCUT2D eigenvalue weighted by Gasteiger charge is 2.14. The molecule has 1 heterocycles. The summed E-state index contributed by atoms with van der Waals surface area (Å²) in [5.41, 5.74) is 1.20. The summed E-state index contributed by atoms with van der Waals surface area (Å²) in [6.45, 7) is 6.14. The summed E-state index contributed by atoms with van der Waals surface area (Å²) >= 11 is 0. The Hall–Kier alpha value is -1.44. The zero-order chi connectivity index (χ0) is 13.7. The third-order valence-corrected chi connectivity index (χ3v) is 3.47. The topological polar surface area (TPSA) is 39.1 Å². The number of rotatable bonds is 5. The van der Waals surface area contributed by atoms with Gasteiger partial charge in [-0.1, -0.05) is 0 Å². The van der Waals surface area contributed by atoms with E-state index < -0.39 is 0 Å².